The number of thioether (sulfide) groups is 1. The lowest BCUT2D eigenvalue weighted by Gasteiger charge is -2.15. The maximum absolute atomic E-state index is 12.9. The van der Waals surface area contributed by atoms with Crippen molar-refractivity contribution in [2.75, 3.05) is 7.11 Å². The van der Waals surface area contributed by atoms with Gasteiger partial charge >= 0.3 is 0 Å². The molecule has 1 aliphatic rings. The molecule has 0 spiro atoms. The van der Waals surface area contributed by atoms with Gasteiger partial charge in [-0.05, 0) is 72.7 Å². The average Bonchev–Trinajstić information content (AvgIpc) is 3.11. The van der Waals surface area contributed by atoms with Gasteiger partial charge in [-0.2, -0.15) is 5.01 Å². The molecular formula is C26H21BrN2O4S2. The van der Waals surface area contributed by atoms with Crippen LogP contribution in [0.2, 0.25) is 0 Å². The number of benzene rings is 3. The summed E-state index contributed by atoms with van der Waals surface area (Å²) < 4.78 is 12.5. The lowest BCUT2D eigenvalue weighted by molar-refractivity contribution is -0.123. The summed E-state index contributed by atoms with van der Waals surface area (Å²) in [5.41, 5.74) is 5.97. The van der Waals surface area contributed by atoms with Crippen LogP contribution in [-0.2, 0) is 11.4 Å². The summed E-state index contributed by atoms with van der Waals surface area (Å²) >= 11 is 9.77. The van der Waals surface area contributed by atoms with Crippen LogP contribution in [0.25, 0.3) is 6.08 Å². The number of thiocarbonyl (C=S) groups is 1. The first-order valence-electron chi connectivity index (χ1n) is 10.5. The highest BCUT2D eigenvalue weighted by Gasteiger charge is 2.33. The Balaban J connectivity index is 1.46. The lowest BCUT2D eigenvalue weighted by atomic mass is 10.1. The smallest absolute Gasteiger partial charge is 0.285 e. The number of rotatable bonds is 7. The van der Waals surface area contributed by atoms with E-state index in [0.717, 1.165) is 32.4 Å². The first-order valence-corrected chi connectivity index (χ1v) is 12.6. The molecule has 0 aromatic heterocycles. The van der Waals surface area contributed by atoms with Crippen molar-refractivity contribution in [3.8, 4) is 11.5 Å². The Morgan fingerprint density at radius 3 is 2.49 bits per heavy atom. The van der Waals surface area contributed by atoms with Gasteiger partial charge < -0.3 is 9.47 Å². The number of aryl methyl sites for hydroxylation is 1. The van der Waals surface area contributed by atoms with E-state index in [-0.39, 0.29) is 4.32 Å². The lowest BCUT2D eigenvalue weighted by Crippen LogP contribution is -2.44. The molecule has 1 fully saturated rings. The van der Waals surface area contributed by atoms with Crippen LogP contribution in [-0.4, -0.2) is 28.3 Å². The first-order chi connectivity index (χ1) is 16.8. The van der Waals surface area contributed by atoms with Crippen LogP contribution >= 0.6 is 39.9 Å². The Labute approximate surface area is 221 Å². The predicted octanol–water partition coefficient (Wildman–Crippen LogP) is 5.89. The van der Waals surface area contributed by atoms with E-state index in [2.05, 4.69) is 21.4 Å². The van der Waals surface area contributed by atoms with Crippen LogP contribution in [0.4, 0.5) is 0 Å². The number of carbonyl (C=O) groups is 2. The summed E-state index contributed by atoms with van der Waals surface area (Å²) in [5, 5.41) is 1.09. The molecular weight excluding hydrogens is 548 g/mol. The number of halogens is 1. The molecule has 1 aliphatic heterocycles. The average molecular weight is 570 g/mol. The predicted molar refractivity (Wildman–Crippen MR) is 145 cm³/mol. The van der Waals surface area contributed by atoms with Crippen molar-refractivity contribution in [3.05, 3.63) is 98.4 Å². The molecule has 35 heavy (non-hydrogen) atoms. The fourth-order valence-electron chi connectivity index (χ4n) is 3.22. The fourth-order valence-corrected chi connectivity index (χ4v) is 4.67. The van der Waals surface area contributed by atoms with E-state index >= 15 is 0 Å². The van der Waals surface area contributed by atoms with Crippen LogP contribution in [0.3, 0.4) is 0 Å². The van der Waals surface area contributed by atoms with Crippen molar-refractivity contribution in [1.29, 1.82) is 0 Å². The van der Waals surface area contributed by atoms with E-state index in [4.69, 9.17) is 21.7 Å². The van der Waals surface area contributed by atoms with Gasteiger partial charge in [-0.25, -0.2) is 0 Å². The number of nitrogens with zero attached hydrogens (tertiary/aromatic N) is 1. The van der Waals surface area contributed by atoms with Gasteiger partial charge in [0.05, 0.1) is 12.0 Å². The summed E-state index contributed by atoms with van der Waals surface area (Å²) in [5.74, 6) is 0.320. The Hall–Kier alpha value is -3.14. The largest absolute Gasteiger partial charge is 0.493 e. The van der Waals surface area contributed by atoms with Crippen LogP contribution in [0.1, 0.15) is 27.0 Å². The second kappa shape index (κ2) is 11.1. The number of methoxy groups -OCH3 is 1. The molecule has 1 saturated heterocycles. The Morgan fingerprint density at radius 1 is 1.09 bits per heavy atom. The molecule has 0 bridgehead atoms. The molecule has 0 aliphatic carbocycles. The molecule has 0 unspecified atom stereocenters. The van der Waals surface area contributed by atoms with E-state index in [1.807, 2.05) is 37.3 Å². The number of amides is 2. The van der Waals surface area contributed by atoms with E-state index in [1.54, 1.807) is 49.6 Å². The zero-order valence-electron chi connectivity index (χ0n) is 18.9. The van der Waals surface area contributed by atoms with Gasteiger partial charge in [0.2, 0.25) is 0 Å². The van der Waals surface area contributed by atoms with Crippen LogP contribution in [0, 0.1) is 6.92 Å². The third-order valence-electron chi connectivity index (χ3n) is 5.11. The van der Waals surface area contributed by atoms with Gasteiger partial charge in [0.1, 0.15) is 6.61 Å². The molecule has 0 radical (unpaired) electrons. The molecule has 3 aromatic rings. The van der Waals surface area contributed by atoms with E-state index < -0.39 is 11.8 Å². The number of carbonyl (C=O) groups excluding carboxylic acids is 2. The second-order valence-corrected chi connectivity index (χ2v) is 10.2. The van der Waals surface area contributed by atoms with Crippen molar-refractivity contribution in [1.82, 2.24) is 10.4 Å². The van der Waals surface area contributed by atoms with Gasteiger partial charge in [-0.3, -0.25) is 15.0 Å². The Bertz CT molecular complexity index is 1310. The molecule has 0 saturated carbocycles. The third kappa shape index (κ3) is 6.11. The summed E-state index contributed by atoms with van der Waals surface area (Å²) in [6.45, 7) is 2.45. The van der Waals surface area contributed by atoms with Crippen molar-refractivity contribution in [3.63, 3.8) is 0 Å². The molecule has 178 valence electrons. The minimum Gasteiger partial charge on any atom is -0.493 e. The van der Waals surface area contributed by atoms with Crippen LogP contribution < -0.4 is 14.9 Å². The number of hydrogen-bond donors (Lipinski definition) is 1. The highest BCUT2D eigenvalue weighted by atomic mass is 79.9. The standard InChI is InChI=1S/C26H21BrN2O4S2/c1-16-3-5-17(6-4-16)15-33-21-12-7-18(13-22(21)32-2)14-23-25(31)29(26(34)35-23)28-24(30)19-8-10-20(27)11-9-19/h3-14H,15H2,1-2H3,(H,28,30)/b23-14-. The molecule has 9 heteroatoms. The zero-order chi connectivity index (χ0) is 24.9. The molecule has 3 aromatic carbocycles. The van der Waals surface area contributed by atoms with Gasteiger partial charge in [0.25, 0.3) is 11.8 Å². The fraction of sp³-hybridized carbons (Fsp3) is 0.115. The van der Waals surface area contributed by atoms with Gasteiger partial charge in [0, 0.05) is 10.0 Å². The maximum atomic E-state index is 12.9. The van der Waals surface area contributed by atoms with Crippen molar-refractivity contribution in [2.24, 2.45) is 0 Å². The minimum atomic E-state index is -0.424. The van der Waals surface area contributed by atoms with Crippen molar-refractivity contribution < 1.29 is 19.1 Å². The third-order valence-corrected chi connectivity index (χ3v) is 6.94. The van der Waals surface area contributed by atoms with Gasteiger partial charge in [-0.1, -0.05) is 63.6 Å². The first kappa shape index (κ1) is 25.0. The molecule has 2 amide bonds. The van der Waals surface area contributed by atoms with E-state index in [9.17, 15) is 9.59 Å². The van der Waals surface area contributed by atoms with Crippen LogP contribution in [0.15, 0.2) is 76.1 Å². The molecule has 0 atom stereocenters. The highest BCUT2D eigenvalue weighted by Crippen LogP contribution is 2.34. The van der Waals surface area contributed by atoms with Crippen molar-refractivity contribution >= 4 is 62.1 Å². The molecule has 6 nitrogen and oxygen atoms in total. The summed E-state index contributed by atoms with van der Waals surface area (Å²) in [6, 6.07) is 20.4. The summed E-state index contributed by atoms with van der Waals surface area (Å²) in [7, 11) is 1.56. The number of nitrogens with one attached hydrogen (secondary N) is 1. The highest BCUT2D eigenvalue weighted by molar-refractivity contribution is 9.10. The number of ether oxygens (including phenoxy) is 2. The topological polar surface area (TPSA) is 67.9 Å². The normalized spacial score (nSPS) is 14.4. The molecule has 1 heterocycles. The number of hydrogen-bond acceptors (Lipinski definition) is 6. The van der Waals surface area contributed by atoms with Gasteiger partial charge in [-0.15, -0.1) is 0 Å². The van der Waals surface area contributed by atoms with E-state index in [1.165, 1.54) is 5.56 Å². The quantitative estimate of drug-likeness (QED) is 0.283. The maximum Gasteiger partial charge on any atom is 0.285 e. The molecule has 4 rings (SSSR count). The summed E-state index contributed by atoms with van der Waals surface area (Å²) in [4.78, 5) is 25.8. The SMILES string of the molecule is COc1cc(/C=C2\SC(=S)N(NC(=O)c3ccc(Br)cc3)C2=O)ccc1OCc1ccc(C)cc1. The Morgan fingerprint density at radius 2 is 1.80 bits per heavy atom. The Kier molecular flexibility index (Phi) is 7.90. The van der Waals surface area contributed by atoms with Gasteiger partial charge in [0.15, 0.2) is 15.8 Å². The second-order valence-electron chi connectivity index (χ2n) is 7.65. The van der Waals surface area contributed by atoms with Crippen molar-refractivity contribution in [2.45, 2.75) is 13.5 Å². The number of hydrazine groups is 1. The monoisotopic (exact) mass is 568 g/mol. The van der Waals surface area contributed by atoms with E-state index in [0.29, 0.717) is 28.6 Å². The summed E-state index contributed by atoms with van der Waals surface area (Å²) in [6.07, 6.45) is 1.71. The van der Waals surface area contributed by atoms with Crippen LogP contribution in [0.5, 0.6) is 11.5 Å². The molecule has 1 N–H and O–H groups in total. The minimum absolute atomic E-state index is 0.247. The zero-order valence-corrected chi connectivity index (χ0v) is 22.1.